The van der Waals surface area contributed by atoms with Gasteiger partial charge in [0.2, 0.25) is 0 Å². The van der Waals surface area contributed by atoms with Crippen molar-refractivity contribution in [3.05, 3.63) is 29.3 Å². The largest absolute Gasteiger partial charge is 0.371 e. The minimum absolute atomic E-state index is 0.280. The Morgan fingerprint density at radius 2 is 1.85 bits per heavy atom. The first-order valence-corrected chi connectivity index (χ1v) is 8.11. The van der Waals surface area contributed by atoms with Crippen LogP contribution >= 0.6 is 0 Å². The van der Waals surface area contributed by atoms with Crippen molar-refractivity contribution in [1.82, 2.24) is 0 Å². The third kappa shape index (κ3) is 4.82. The maximum absolute atomic E-state index is 6.05. The Hall–Kier alpha value is -1.02. The number of aryl methyl sites for hydroxylation is 1. The molecular formula is C18H32N2. The van der Waals surface area contributed by atoms with Crippen molar-refractivity contribution in [2.24, 2.45) is 11.7 Å². The molecule has 0 heterocycles. The molecule has 0 saturated heterocycles. The number of benzene rings is 1. The highest BCUT2D eigenvalue weighted by Gasteiger charge is 2.11. The minimum Gasteiger partial charge on any atom is -0.371 e. The maximum atomic E-state index is 6.05. The van der Waals surface area contributed by atoms with Crippen LogP contribution in [0.1, 0.15) is 51.7 Å². The molecule has 0 spiro atoms. The summed E-state index contributed by atoms with van der Waals surface area (Å²) >= 11 is 0. The fourth-order valence-electron chi connectivity index (χ4n) is 2.55. The van der Waals surface area contributed by atoms with Crippen LogP contribution in [0.25, 0.3) is 0 Å². The van der Waals surface area contributed by atoms with Crippen molar-refractivity contribution in [2.75, 3.05) is 18.0 Å². The van der Waals surface area contributed by atoms with Gasteiger partial charge in [-0.15, -0.1) is 0 Å². The minimum atomic E-state index is 0.280. The second-order valence-electron chi connectivity index (χ2n) is 6.05. The highest BCUT2D eigenvalue weighted by atomic mass is 15.1. The Labute approximate surface area is 125 Å². The molecule has 1 rings (SSSR count). The molecule has 0 aliphatic heterocycles. The average Bonchev–Trinajstić information content (AvgIpc) is 2.45. The Bertz CT molecular complexity index is 400. The topological polar surface area (TPSA) is 29.3 Å². The zero-order valence-electron chi connectivity index (χ0n) is 13.9. The zero-order valence-corrected chi connectivity index (χ0v) is 13.9. The van der Waals surface area contributed by atoms with Gasteiger partial charge in [0.25, 0.3) is 0 Å². The molecule has 1 aromatic carbocycles. The maximum Gasteiger partial charge on any atom is 0.0396 e. The van der Waals surface area contributed by atoms with E-state index >= 15 is 0 Å². The van der Waals surface area contributed by atoms with Crippen LogP contribution in [0.2, 0.25) is 0 Å². The van der Waals surface area contributed by atoms with Crippen LogP contribution in [0.5, 0.6) is 0 Å². The SMILES string of the molecule is CCC(C)CN(CC)c1ccc(CC(N)CC)cc1C. The van der Waals surface area contributed by atoms with Gasteiger partial charge in [0.05, 0.1) is 0 Å². The fourth-order valence-corrected chi connectivity index (χ4v) is 2.55. The summed E-state index contributed by atoms with van der Waals surface area (Å²) in [5.74, 6) is 0.738. The first-order valence-electron chi connectivity index (χ1n) is 8.11. The molecule has 2 atom stereocenters. The molecule has 0 bridgehead atoms. The van der Waals surface area contributed by atoms with Gasteiger partial charge in [-0.3, -0.25) is 0 Å². The van der Waals surface area contributed by atoms with Gasteiger partial charge in [0.15, 0.2) is 0 Å². The molecular weight excluding hydrogens is 244 g/mol. The average molecular weight is 276 g/mol. The van der Waals surface area contributed by atoms with E-state index in [0.29, 0.717) is 0 Å². The molecule has 0 radical (unpaired) electrons. The van der Waals surface area contributed by atoms with E-state index in [1.807, 2.05) is 0 Å². The lowest BCUT2D eigenvalue weighted by atomic mass is 10.0. The van der Waals surface area contributed by atoms with Crippen molar-refractivity contribution in [3.8, 4) is 0 Å². The molecule has 114 valence electrons. The lowest BCUT2D eigenvalue weighted by Gasteiger charge is -2.28. The fraction of sp³-hybridized carbons (Fsp3) is 0.667. The second-order valence-corrected chi connectivity index (χ2v) is 6.05. The Morgan fingerprint density at radius 1 is 1.15 bits per heavy atom. The van der Waals surface area contributed by atoms with E-state index in [-0.39, 0.29) is 6.04 Å². The van der Waals surface area contributed by atoms with Crippen LogP contribution in [0, 0.1) is 12.8 Å². The van der Waals surface area contributed by atoms with Crippen LogP contribution in [-0.4, -0.2) is 19.1 Å². The van der Waals surface area contributed by atoms with Crippen LogP contribution < -0.4 is 10.6 Å². The molecule has 1 aromatic rings. The highest BCUT2D eigenvalue weighted by Crippen LogP contribution is 2.23. The standard InChI is InChI=1S/C18H32N2/c1-6-14(4)13-20(8-3)18-10-9-16(11-15(18)5)12-17(19)7-2/h9-11,14,17H,6-8,12-13,19H2,1-5H3. The van der Waals surface area contributed by atoms with Crippen molar-refractivity contribution < 1.29 is 0 Å². The van der Waals surface area contributed by atoms with E-state index in [1.54, 1.807) is 0 Å². The molecule has 0 fully saturated rings. The smallest absolute Gasteiger partial charge is 0.0396 e. The van der Waals surface area contributed by atoms with Gasteiger partial charge in [-0.05, 0) is 49.8 Å². The number of hydrogen-bond donors (Lipinski definition) is 1. The third-order valence-electron chi connectivity index (χ3n) is 4.23. The molecule has 20 heavy (non-hydrogen) atoms. The summed E-state index contributed by atoms with van der Waals surface area (Å²) in [6.07, 6.45) is 3.25. The molecule has 2 heteroatoms. The van der Waals surface area contributed by atoms with E-state index < -0.39 is 0 Å². The quantitative estimate of drug-likeness (QED) is 0.773. The van der Waals surface area contributed by atoms with Crippen LogP contribution in [0.3, 0.4) is 0 Å². The zero-order chi connectivity index (χ0) is 15.1. The molecule has 0 aliphatic rings. The monoisotopic (exact) mass is 276 g/mol. The van der Waals surface area contributed by atoms with Crippen LogP contribution in [0.4, 0.5) is 5.69 Å². The van der Waals surface area contributed by atoms with Crippen LogP contribution in [-0.2, 0) is 6.42 Å². The number of nitrogens with two attached hydrogens (primary N) is 1. The second kappa shape index (κ2) is 8.31. The lowest BCUT2D eigenvalue weighted by Crippen LogP contribution is -2.28. The van der Waals surface area contributed by atoms with E-state index in [9.17, 15) is 0 Å². The van der Waals surface area contributed by atoms with Gasteiger partial charge in [-0.1, -0.05) is 39.3 Å². The first-order chi connectivity index (χ1) is 9.51. The Morgan fingerprint density at radius 3 is 2.35 bits per heavy atom. The highest BCUT2D eigenvalue weighted by molar-refractivity contribution is 5.54. The summed E-state index contributed by atoms with van der Waals surface area (Å²) in [6.45, 7) is 13.4. The van der Waals surface area contributed by atoms with Gasteiger partial charge in [0, 0.05) is 24.8 Å². The molecule has 0 aliphatic carbocycles. The third-order valence-corrected chi connectivity index (χ3v) is 4.23. The summed E-state index contributed by atoms with van der Waals surface area (Å²) in [4.78, 5) is 2.49. The lowest BCUT2D eigenvalue weighted by molar-refractivity contribution is 0.547. The number of rotatable bonds is 8. The van der Waals surface area contributed by atoms with Gasteiger partial charge in [0.1, 0.15) is 0 Å². The van der Waals surface area contributed by atoms with Crippen molar-refractivity contribution in [3.63, 3.8) is 0 Å². The van der Waals surface area contributed by atoms with Crippen molar-refractivity contribution >= 4 is 5.69 Å². The van der Waals surface area contributed by atoms with E-state index in [0.717, 1.165) is 31.8 Å². The Kier molecular flexibility index (Phi) is 7.08. The normalized spacial score (nSPS) is 14.1. The molecule has 2 N–H and O–H groups in total. The molecule has 0 amide bonds. The van der Waals surface area contributed by atoms with E-state index in [2.05, 4.69) is 57.7 Å². The number of nitrogens with zero attached hydrogens (tertiary/aromatic N) is 1. The Balaban J connectivity index is 2.84. The summed E-state index contributed by atoms with van der Waals surface area (Å²) in [7, 11) is 0. The first kappa shape index (κ1) is 17.0. The van der Waals surface area contributed by atoms with Gasteiger partial charge < -0.3 is 10.6 Å². The summed E-state index contributed by atoms with van der Waals surface area (Å²) in [6, 6.07) is 7.11. The molecule has 2 unspecified atom stereocenters. The van der Waals surface area contributed by atoms with Gasteiger partial charge in [-0.25, -0.2) is 0 Å². The van der Waals surface area contributed by atoms with Gasteiger partial charge in [-0.2, -0.15) is 0 Å². The van der Waals surface area contributed by atoms with Gasteiger partial charge >= 0.3 is 0 Å². The van der Waals surface area contributed by atoms with Crippen molar-refractivity contribution in [2.45, 2.75) is 59.9 Å². The predicted octanol–water partition coefficient (Wildman–Crippen LogP) is 4.15. The molecule has 0 aromatic heterocycles. The van der Waals surface area contributed by atoms with Crippen molar-refractivity contribution in [1.29, 1.82) is 0 Å². The van der Waals surface area contributed by atoms with Crippen LogP contribution in [0.15, 0.2) is 18.2 Å². The van der Waals surface area contributed by atoms with E-state index in [1.165, 1.54) is 23.2 Å². The summed E-state index contributed by atoms with van der Waals surface area (Å²) < 4.78 is 0. The molecule has 2 nitrogen and oxygen atoms in total. The number of anilines is 1. The summed E-state index contributed by atoms with van der Waals surface area (Å²) in [5.41, 5.74) is 10.2. The number of hydrogen-bond acceptors (Lipinski definition) is 2. The summed E-state index contributed by atoms with van der Waals surface area (Å²) in [5, 5.41) is 0. The van der Waals surface area contributed by atoms with E-state index in [4.69, 9.17) is 5.73 Å². The predicted molar refractivity (Wildman–Crippen MR) is 90.5 cm³/mol. The molecule has 0 saturated carbocycles.